The molecule has 1 aromatic rings. The number of likely N-dealkylation sites (N-methyl/N-ethyl adjacent to an activating group) is 1. The lowest BCUT2D eigenvalue weighted by Gasteiger charge is -2.29. The molecular weight excluding hydrogens is 238 g/mol. The summed E-state index contributed by atoms with van der Waals surface area (Å²) in [6.07, 6.45) is 0. The highest BCUT2D eigenvalue weighted by Gasteiger charge is 2.25. The summed E-state index contributed by atoms with van der Waals surface area (Å²) >= 11 is 0. The van der Waals surface area contributed by atoms with Crippen LogP contribution in [0.15, 0.2) is 30.3 Å². The average Bonchev–Trinajstić information content (AvgIpc) is 2.26. The Labute approximate surface area is 115 Å². The van der Waals surface area contributed by atoms with Gasteiger partial charge in [0.05, 0.1) is 5.92 Å². The standard InChI is InChI=1S/C15H23N3O/c1-12(17-15(19)14-8-16-9-14)10-18(2)11-13-6-4-3-5-7-13/h3-7,12,14,16H,8-11H2,1-2H3,(H,17,19). The third-order valence-corrected chi connectivity index (χ3v) is 3.42. The summed E-state index contributed by atoms with van der Waals surface area (Å²) in [5, 5.41) is 6.20. The van der Waals surface area contributed by atoms with E-state index in [1.807, 2.05) is 6.07 Å². The predicted octanol–water partition coefficient (Wildman–Crippen LogP) is 0.843. The van der Waals surface area contributed by atoms with Crippen LogP contribution < -0.4 is 10.6 Å². The number of carbonyl (C=O) groups is 1. The van der Waals surface area contributed by atoms with Crippen LogP contribution in [0.1, 0.15) is 12.5 Å². The van der Waals surface area contributed by atoms with Gasteiger partial charge in [0.1, 0.15) is 0 Å². The van der Waals surface area contributed by atoms with Crippen LogP contribution in [0.5, 0.6) is 0 Å². The number of hydrogen-bond donors (Lipinski definition) is 2. The Bertz CT molecular complexity index is 403. The zero-order valence-electron chi connectivity index (χ0n) is 11.7. The van der Waals surface area contributed by atoms with Gasteiger partial charge in [-0.1, -0.05) is 30.3 Å². The van der Waals surface area contributed by atoms with Crippen molar-refractivity contribution in [3.63, 3.8) is 0 Å². The highest BCUT2D eigenvalue weighted by molar-refractivity contribution is 5.80. The van der Waals surface area contributed by atoms with E-state index in [0.717, 1.165) is 26.2 Å². The van der Waals surface area contributed by atoms with E-state index in [1.54, 1.807) is 0 Å². The number of rotatable bonds is 6. The molecule has 0 radical (unpaired) electrons. The van der Waals surface area contributed by atoms with Crippen molar-refractivity contribution < 1.29 is 4.79 Å². The van der Waals surface area contributed by atoms with Crippen LogP contribution in [0, 0.1) is 5.92 Å². The minimum absolute atomic E-state index is 0.168. The normalized spacial score (nSPS) is 17.0. The van der Waals surface area contributed by atoms with Crippen molar-refractivity contribution in [1.29, 1.82) is 0 Å². The highest BCUT2D eigenvalue weighted by Crippen LogP contribution is 2.05. The van der Waals surface area contributed by atoms with Crippen LogP contribution in [0.3, 0.4) is 0 Å². The molecule has 0 spiro atoms. The van der Waals surface area contributed by atoms with Gasteiger partial charge in [-0.15, -0.1) is 0 Å². The van der Waals surface area contributed by atoms with Gasteiger partial charge in [-0.05, 0) is 19.5 Å². The Balaban J connectivity index is 1.72. The molecule has 1 fully saturated rings. The van der Waals surface area contributed by atoms with Gasteiger partial charge in [0.15, 0.2) is 0 Å². The van der Waals surface area contributed by atoms with E-state index in [2.05, 4.69) is 53.8 Å². The second kappa shape index (κ2) is 6.68. The first-order valence-corrected chi connectivity index (χ1v) is 6.88. The van der Waals surface area contributed by atoms with Crippen molar-refractivity contribution in [3.05, 3.63) is 35.9 Å². The first-order valence-electron chi connectivity index (χ1n) is 6.88. The van der Waals surface area contributed by atoms with E-state index < -0.39 is 0 Å². The summed E-state index contributed by atoms with van der Waals surface area (Å²) in [6.45, 7) is 5.47. The molecule has 1 aromatic carbocycles. The molecule has 0 aromatic heterocycles. The van der Waals surface area contributed by atoms with Crippen LogP contribution in [-0.2, 0) is 11.3 Å². The smallest absolute Gasteiger partial charge is 0.225 e. The molecule has 1 amide bonds. The molecule has 4 heteroatoms. The molecule has 0 saturated carbocycles. The van der Waals surface area contributed by atoms with E-state index in [-0.39, 0.29) is 17.9 Å². The van der Waals surface area contributed by atoms with Gasteiger partial charge in [-0.25, -0.2) is 0 Å². The molecule has 2 N–H and O–H groups in total. The second-order valence-electron chi connectivity index (χ2n) is 5.45. The Morgan fingerprint density at radius 3 is 2.68 bits per heavy atom. The average molecular weight is 261 g/mol. The zero-order chi connectivity index (χ0) is 13.7. The summed E-state index contributed by atoms with van der Waals surface area (Å²) in [6, 6.07) is 10.6. The van der Waals surface area contributed by atoms with Crippen molar-refractivity contribution in [1.82, 2.24) is 15.5 Å². The van der Waals surface area contributed by atoms with Gasteiger partial charge in [0.25, 0.3) is 0 Å². The summed E-state index contributed by atoms with van der Waals surface area (Å²) in [7, 11) is 2.08. The fraction of sp³-hybridized carbons (Fsp3) is 0.533. The van der Waals surface area contributed by atoms with Crippen LogP contribution in [0.2, 0.25) is 0 Å². The molecule has 4 nitrogen and oxygen atoms in total. The maximum absolute atomic E-state index is 11.8. The molecule has 1 unspecified atom stereocenters. The van der Waals surface area contributed by atoms with E-state index >= 15 is 0 Å². The van der Waals surface area contributed by atoms with Crippen molar-refractivity contribution in [3.8, 4) is 0 Å². The maximum atomic E-state index is 11.8. The predicted molar refractivity (Wildman–Crippen MR) is 76.7 cm³/mol. The molecule has 104 valence electrons. The molecule has 19 heavy (non-hydrogen) atoms. The quantitative estimate of drug-likeness (QED) is 0.798. The third kappa shape index (κ3) is 4.33. The van der Waals surface area contributed by atoms with Gasteiger partial charge < -0.3 is 15.5 Å². The molecule has 0 aliphatic carbocycles. The van der Waals surface area contributed by atoms with Crippen LogP contribution in [-0.4, -0.2) is 43.5 Å². The number of hydrogen-bond acceptors (Lipinski definition) is 3. The van der Waals surface area contributed by atoms with Crippen LogP contribution in [0.4, 0.5) is 0 Å². The topological polar surface area (TPSA) is 44.4 Å². The van der Waals surface area contributed by atoms with Gasteiger partial charge >= 0.3 is 0 Å². The number of nitrogens with one attached hydrogen (secondary N) is 2. The Morgan fingerprint density at radius 1 is 1.42 bits per heavy atom. The molecule has 2 rings (SSSR count). The Morgan fingerprint density at radius 2 is 2.11 bits per heavy atom. The summed E-state index contributed by atoms with van der Waals surface area (Å²) in [5.41, 5.74) is 1.30. The fourth-order valence-corrected chi connectivity index (χ4v) is 2.31. The molecule has 1 aliphatic heterocycles. The second-order valence-corrected chi connectivity index (χ2v) is 5.45. The molecular formula is C15H23N3O. The maximum Gasteiger partial charge on any atom is 0.225 e. The number of benzene rings is 1. The number of carbonyl (C=O) groups excluding carboxylic acids is 1. The fourth-order valence-electron chi connectivity index (χ4n) is 2.31. The highest BCUT2D eigenvalue weighted by atomic mass is 16.2. The lowest BCUT2D eigenvalue weighted by molar-refractivity contribution is -0.127. The molecule has 0 bridgehead atoms. The largest absolute Gasteiger partial charge is 0.352 e. The van der Waals surface area contributed by atoms with Crippen LogP contribution in [0.25, 0.3) is 0 Å². The SMILES string of the molecule is CC(CN(C)Cc1ccccc1)NC(=O)C1CNC1. The third-order valence-electron chi connectivity index (χ3n) is 3.42. The van der Waals surface area contributed by atoms with Gasteiger partial charge in [0, 0.05) is 32.2 Å². The van der Waals surface area contributed by atoms with Crippen molar-refractivity contribution in [2.45, 2.75) is 19.5 Å². The summed E-state index contributed by atoms with van der Waals surface area (Å²) in [4.78, 5) is 14.0. The molecule has 1 aliphatic rings. The first kappa shape index (κ1) is 14.0. The van der Waals surface area contributed by atoms with E-state index in [9.17, 15) is 4.79 Å². The van der Waals surface area contributed by atoms with Gasteiger partial charge in [0.2, 0.25) is 5.91 Å². The molecule has 1 saturated heterocycles. The van der Waals surface area contributed by atoms with E-state index in [1.165, 1.54) is 5.56 Å². The van der Waals surface area contributed by atoms with E-state index in [4.69, 9.17) is 0 Å². The Kier molecular flexibility index (Phi) is 4.93. The summed E-state index contributed by atoms with van der Waals surface area (Å²) < 4.78 is 0. The van der Waals surface area contributed by atoms with E-state index in [0.29, 0.717) is 0 Å². The van der Waals surface area contributed by atoms with Gasteiger partial charge in [-0.2, -0.15) is 0 Å². The lowest BCUT2D eigenvalue weighted by atomic mass is 10.0. The van der Waals surface area contributed by atoms with Crippen molar-refractivity contribution >= 4 is 5.91 Å². The molecule has 1 heterocycles. The minimum Gasteiger partial charge on any atom is -0.352 e. The van der Waals surface area contributed by atoms with Crippen molar-refractivity contribution in [2.75, 3.05) is 26.7 Å². The van der Waals surface area contributed by atoms with Gasteiger partial charge in [-0.3, -0.25) is 4.79 Å². The minimum atomic E-state index is 0.168. The van der Waals surface area contributed by atoms with Crippen LogP contribution >= 0.6 is 0 Å². The lowest BCUT2D eigenvalue weighted by Crippen LogP contribution is -2.53. The number of amides is 1. The summed E-state index contributed by atoms with van der Waals surface area (Å²) in [5.74, 6) is 0.348. The monoisotopic (exact) mass is 261 g/mol. The first-order chi connectivity index (χ1) is 9.15. The molecule has 1 atom stereocenters. The Hall–Kier alpha value is -1.39. The van der Waals surface area contributed by atoms with Crippen molar-refractivity contribution in [2.24, 2.45) is 5.92 Å². The number of nitrogens with zero attached hydrogens (tertiary/aromatic N) is 1. The zero-order valence-corrected chi connectivity index (χ0v) is 11.7.